The second-order valence-electron chi connectivity index (χ2n) is 5.26. The van der Waals surface area contributed by atoms with E-state index in [0.29, 0.717) is 0 Å². The van der Waals surface area contributed by atoms with E-state index in [9.17, 15) is 0 Å². The van der Waals surface area contributed by atoms with Crippen LogP contribution in [0.15, 0.2) is 42.0 Å². The number of hydrogen-bond acceptors (Lipinski definition) is 2. The van der Waals surface area contributed by atoms with Crippen LogP contribution in [0.5, 0.6) is 0 Å². The zero-order valence-corrected chi connectivity index (χ0v) is 11.3. The maximum atomic E-state index is 6.20. The summed E-state index contributed by atoms with van der Waals surface area (Å²) in [6.45, 7) is 5.72. The third-order valence-corrected chi connectivity index (χ3v) is 3.74. The molecule has 1 aliphatic heterocycles. The van der Waals surface area contributed by atoms with Gasteiger partial charge in [0.2, 0.25) is 0 Å². The fraction of sp³-hybridized carbons (Fsp3) is 0.500. The summed E-state index contributed by atoms with van der Waals surface area (Å²) >= 11 is 0. The smallest absolute Gasteiger partial charge is 0.0295 e. The minimum atomic E-state index is 0.188. The Morgan fingerprint density at radius 1 is 1.28 bits per heavy atom. The first-order valence-electron chi connectivity index (χ1n) is 6.94. The van der Waals surface area contributed by atoms with Gasteiger partial charge >= 0.3 is 0 Å². The number of rotatable bonds is 5. The quantitative estimate of drug-likeness (QED) is 0.806. The largest absolute Gasteiger partial charge is 0.324 e. The van der Waals surface area contributed by atoms with Gasteiger partial charge in [0.1, 0.15) is 0 Å². The van der Waals surface area contributed by atoms with Crippen molar-refractivity contribution in [2.24, 2.45) is 5.73 Å². The number of nitrogens with zero attached hydrogens (tertiary/aromatic N) is 1. The Labute approximate surface area is 110 Å². The lowest BCUT2D eigenvalue weighted by Gasteiger charge is -2.25. The molecular weight excluding hydrogens is 220 g/mol. The Balaban J connectivity index is 1.70. The first kappa shape index (κ1) is 13.3. The molecule has 0 aliphatic carbocycles. The maximum absolute atomic E-state index is 6.20. The van der Waals surface area contributed by atoms with Crippen LogP contribution >= 0.6 is 0 Å². The molecule has 0 aromatic heterocycles. The summed E-state index contributed by atoms with van der Waals surface area (Å²) in [4.78, 5) is 2.52. The molecule has 2 nitrogen and oxygen atoms in total. The summed E-state index contributed by atoms with van der Waals surface area (Å²) in [6.07, 6.45) is 5.83. The van der Waals surface area contributed by atoms with Crippen molar-refractivity contribution in [1.29, 1.82) is 0 Å². The molecule has 0 bridgehead atoms. The lowest BCUT2D eigenvalue weighted by Crippen LogP contribution is -2.29. The summed E-state index contributed by atoms with van der Waals surface area (Å²) in [5.74, 6) is 0. The highest BCUT2D eigenvalue weighted by atomic mass is 15.1. The van der Waals surface area contributed by atoms with Gasteiger partial charge in [0.15, 0.2) is 0 Å². The molecule has 1 aliphatic rings. The molecule has 2 rings (SSSR count). The van der Waals surface area contributed by atoms with E-state index in [1.165, 1.54) is 37.1 Å². The van der Waals surface area contributed by atoms with Crippen LogP contribution in [0.2, 0.25) is 0 Å². The Hall–Kier alpha value is -1.12. The molecule has 18 heavy (non-hydrogen) atoms. The van der Waals surface area contributed by atoms with Crippen LogP contribution in [-0.4, -0.2) is 24.5 Å². The van der Waals surface area contributed by atoms with E-state index in [1.54, 1.807) is 0 Å². The standard InChI is InChI=1S/C16H24N2/c1-14-9-12-18(13-10-14)11-5-8-16(17)15-6-3-2-4-7-15/h2-4,6-7,9,16H,5,8,10-13,17H2,1H3. The normalized spacial score (nSPS) is 18.4. The molecule has 0 spiro atoms. The van der Waals surface area contributed by atoms with Crippen molar-refractivity contribution in [1.82, 2.24) is 4.90 Å². The molecule has 2 N–H and O–H groups in total. The molecule has 0 saturated heterocycles. The Morgan fingerprint density at radius 2 is 2.06 bits per heavy atom. The molecule has 0 radical (unpaired) electrons. The summed E-state index contributed by atoms with van der Waals surface area (Å²) in [6, 6.07) is 10.6. The highest BCUT2D eigenvalue weighted by molar-refractivity contribution is 5.18. The lowest BCUT2D eigenvalue weighted by molar-refractivity contribution is 0.284. The van der Waals surface area contributed by atoms with Gasteiger partial charge in [0.05, 0.1) is 0 Å². The number of hydrogen-bond donors (Lipinski definition) is 1. The van der Waals surface area contributed by atoms with E-state index in [-0.39, 0.29) is 6.04 Å². The Morgan fingerprint density at radius 3 is 2.72 bits per heavy atom. The molecule has 0 fully saturated rings. The van der Waals surface area contributed by atoms with E-state index in [4.69, 9.17) is 5.73 Å². The van der Waals surface area contributed by atoms with Gasteiger partial charge in [-0.1, -0.05) is 42.0 Å². The van der Waals surface area contributed by atoms with E-state index in [2.05, 4.69) is 42.2 Å². The first-order chi connectivity index (χ1) is 8.75. The SMILES string of the molecule is CC1=CCN(CCCC(N)c2ccccc2)CC1. The predicted molar refractivity (Wildman–Crippen MR) is 77.4 cm³/mol. The van der Waals surface area contributed by atoms with Gasteiger partial charge in [0.25, 0.3) is 0 Å². The van der Waals surface area contributed by atoms with Gasteiger partial charge in [-0.25, -0.2) is 0 Å². The van der Waals surface area contributed by atoms with E-state index >= 15 is 0 Å². The van der Waals surface area contributed by atoms with Crippen LogP contribution in [0, 0.1) is 0 Å². The predicted octanol–water partition coefficient (Wildman–Crippen LogP) is 3.12. The first-order valence-corrected chi connectivity index (χ1v) is 6.94. The van der Waals surface area contributed by atoms with Crippen molar-refractivity contribution < 1.29 is 0 Å². The van der Waals surface area contributed by atoms with Gasteiger partial charge in [-0.2, -0.15) is 0 Å². The van der Waals surface area contributed by atoms with E-state index in [0.717, 1.165) is 13.0 Å². The molecule has 0 saturated carbocycles. The molecular formula is C16H24N2. The molecule has 1 aromatic carbocycles. The van der Waals surface area contributed by atoms with Gasteiger partial charge in [-0.3, -0.25) is 4.90 Å². The number of nitrogens with two attached hydrogens (primary N) is 1. The van der Waals surface area contributed by atoms with Crippen LogP contribution in [0.1, 0.15) is 37.8 Å². The van der Waals surface area contributed by atoms with E-state index in [1.807, 2.05) is 6.07 Å². The Kier molecular flexibility index (Phi) is 4.97. The van der Waals surface area contributed by atoms with Crippen LogP contribution in [-0.2, 0) is 0 Å². The second kappa shape index (κ2) is 6.72. The maximum Gasteiger partial charge on any atom is 0.0295 e. The minimum Gasteiger partial charge on any atom is -0.324 e. The fourth-order valence-corrected chi connectivity index (χ4v) is 2.42. The van der Waals surface area contributed by atoms with Crippen molar-refractivity contribution in [3.05, 3.63) is 47.5 Å². The number of benzene rings is 1. The van der Waals surface area contributed by atoms with E-state index < -0.39 is 0 Å². The summed E-state index contributed by atoms with van der Waals surface area (Å²) < 4.78 is 0. The molecule has 1 atom stereocenters. The van der Waals surface area contributed by atoms with Gasteiger partial charge < -0.3 is 5.73 Å². The van der Waals surface area contributed by atoms with Crippen molar-refractivity contribution in [3.63, 3.8) is 0 Å². The summed E-state index contributed by atoms with van der Waals surface area (Å²) in [7, 11) is 0. The molecule has 1 aromatic rings. The van der Waals surface area contributed by atoms with Crippen LogP contribution in [0.4, 0.5) is 0 Å². The highest BCUT2D eigenvalue weighted by Crippen LogP contribution is 2.16. The van der Waals surface area contributed by atoms with Gasteiger partial charge in [-0.05, 0) is 38.3 Å². The third kappa shape index (κ3) is 3.97. The van der Waals surface area contributed by atoms with Crippen LogP contribution in [0.25, 0.3) is 0 Å². The topological polar surface area (TPSA) is 29.3 Å². The zero-order valence-electron chi connectivity index (χ0n) is 11.3. The fourth-order valence-electron chi connectivity index (χ4n) is 2.42. The summed E-state index contributed by atoms with van der Waals surface area (Å²) in [5.41, 5.74) is 8.99. The van der Waals surface area contributed by atoms with Gasteiger partial charge in [0, 0.05) is 19.1 Å². The molecule has 1 heterocycles. The lowest BCUT2D eigenvalue weighted by atomic mass is 10.0. The zero-order chi connectivity index (χ0) is 12.8. The highest BCUT2D eigenvalue weighted by Gasteiger charge is 2.10. The molecule has 2 heteroatoms. The van der Waals surface area contributed by atoms with Crippen LogP contribution in [0.3, 0.4) is 0 Å². The van der Waals surface area contributed by atoms with Crippen molar-refractivity contribution in [3.8, 4) is 0 Å². The second-order valence-corrected chi connectivity index (χ2v) is 5.26. The van der Waals surface area contributed by atoms with Crippen molar-refractivity contribution in [2.45, 2.75) is 32.2 Å². The van der Waals surface area contributed by atoms with Crippen LogP contribution < -0.4 is 5.73 Å². The summed E-state index contributed by atoms with van der Waals surface area (Å²) in [5, 5.41) is 0. The molecule has 98 valence electrons. The monoisotopic (exact) mass is 244 g/mol. The third-order valence-electron chi connectivity index (χ3n) is 3.74. The van der Waals surface area contributed by atoms with Crippen molar-refractivity contribution in [2.75, 3.05) is 19.6 Å². The van der Waals surface area contributed by atoms with Crippen molar-refractivity contribution >= 4 is 0 Å². The minimum absolute atomic E-state index is 0.188. The molecule has 0 amide bonds. The average Bonchev–Trinajstić information content (AvgIpc) is 2.42. The average molecular weight is 244 g/mol. The van der Waals surface area contributed by atoms with Gasteiger partial charge in [-0.15, -0.1) is 0 Å². The Bertz CT molecular complexity index is 383. The molecule has 1 unspecified atom stereocenters.